The lowest BCUT2D eigenvalue weighted by Crippen LogP contribution is -2.55. The first kappa shape index (κ1) is 51.8. The molecule has 0 amide bonds. The molecule has 0 fully saturated rings. The van der Waals surface area contributed by atoms with E-state index in [0.29, 0.717) is 12.8 Å². The highest BCUT2D eigenvalue weighted by atomic mass is 16.6. The molecule has 2 atom stereocenters. The van der Waals surface area contributed by atoms with Gasteiger partial charge in [-0.05, 0) is 77.0 Å². The Morgan fingerprint density at radius 1 is 0.545 bits per heavy atom. The van der Waals surface area contributed by atoms with Gasteiger partial charge in [-0.3, -0.25) is 9.59 Å². The quantitative estimate of drug-likeness (QED) is 0.0268. The van der Waals surface area contributed by atoms with Gasteiger partial charge in [-0.25, -0.2) is 0 Å². The van der Waals surface area contributed by atoms with E-state index in [9.17, 15) is 19.5 Å². The monoisotopic (exact) mass is 770 g/mol. The van der Waals surface area contributed by atoms with Crippen LogP contribution in [0.25, 0.3) is 0 Å². The maximum absolute atomic E-state index is 12.7. The molecular weight excluding hydrogens is 691 g/mol. The second-order valence-electron chi connectivity index (χ2n) is 15.2. The molecule has 0 saturated carbocycles. The number of esters is 2. The molecule has 0 aliphatic rings. The van der Waals surface area contributed by atoms with Crippen molar-refractivity contribution < 1.29 is 38.2 Å². The molecule has 0 rings (SSSR count). The Hall–Kier alpha value is -3.23. The number of likely N-dealkylation sites (N-methyl/N-ethyl adjacent to an activating group) is 1. The summed E-state index contributed by atoms with van der Waals surface area (Å²) in [4.78, 5) is 36.8. The highest BCUT2D eigenvalue weighted by Gasteiger charge is 2.25. The van der Waals surface area contributed by atoms with Gasteiger partial charge in [0, 0.05) is 19.3 Å². The van der Waals surface area contributed by atoms with Crippen molar-refractivity contribution in [3.63, 3.8) is 0 Å². The Morgan fingerprint density at radius 3 is 1.42 bits per heavy atom. The number of allylic oxidation sites excluding steroid dienone is 12. The van der Waals surface area contributed by atoms with Gasteiger partial charge >= 0.3 is 11.9 Å². The second kappa shape index (κ2) is 37.7. The predicted octanol–water partition coefficient (Wildman–Crippen LogP) is 10.2. The lowest BCUT2D eigenvalue weighted by Gasteiger charge is -2.34. The maximum atomic E-state index is 12.7. The van der Waals surface area contributed by atoms with Crippen LogP contribution in [0.4, 0.5) is 0 Å². The average molecular weight is 770 g/mol. The van der Waals surface area contributed by atoms with Crippen LogP contribution in [0.1, 0.15) is 155 Å². The van der Waals surface area contributed by atoms with Gasteiger partial charge < -0.3 is 28.6 Å². The SMILES string of the molecule is CC/C=C/C/C=C/C/C=C/C/C=C/CCCCCCCCC(=O)OCC(COCCC(C(=O)[O-])[N+](C)(C)C)OC(=O)CCCCCCC/C=C/C/C=C/CC. The number of rotatable bonds is 37. The van der Waals surface area contributed by atoms with Gasteiger partial charge in [-0.1, -0.05) is 132 Å². The van der Waals surface area contributed by atoms with Crippen molar-refractivity contribution in [2.24, 2.45) is 0 Å². The number of hydrogen-bond acceptors (Lipinski definition) is 7. The molecule has 0 saturated heterocycles. The minimum absolute atomic E-state index is 0.0264. The molecule has 0 radical (unpaired) electrons. The Morgan fingerprint density at radius 2 is 0.964 bits per heavy atom. The highest BCUT2D eigenvalue weighted by Crippen LogP contribution is 2.13. The Labute approximate surface area is 336 Å². The molecule has 0 aromatic carbocycles. The van der Waals surface area contributed by atoms with E-state index >= 15 is 0 Å². The molecule has 0 heterocycles. The first-order valence-corrected chi connectivity index (χ1v) is 21.5. The van der Waals surface area contributed by atoms with E-state index in [1.54, 1.807) is 21.1 Å². The number of ether oxygens (including phenoxy) is 3. The van der Waals surface area contributed by atoms with Crippen LogP contribution in [0, 0.1) is 0 Å². The standard InChI is InChI=1S/C47H79NO7/c1-6-8-10-12-14-16-18-20-21-22-23-24-25-26-28-29-31-33-35-37-45(49)54-42-43(41-53-40-39-44(47(51)52)48(3,4)5)55-46(50)38-36-34-32-30-27-19-17-15-13-11-9-7-2/h8-11,14-17,20-21,23-24,43-44H,6-7,12-13,18-19,22,25-42H2,1-5H3/b10-8+,11-9+,16-14+,17-15+,21-20+,24-23+. The van der Waals surface area contributed by atoms with Crippen molar-refractivity contribution in [2.45, 2.75) is 167 Å². The van der Waals surface area contributed by atoms with E-state index in [-0.39, 0.29) is 42.7 Å². The predicted molar refractivity (Wildman–Crippen MR) is 226 cm³/mol. The van der Waals surface area contributed by atoms with Crippen molar-refractivity contribution in [2.75, 3.05) is 41.0 Å². The van der Waals surface area contributed by atoms with Gasteiger partial charge in [0.05, 0.1) is 40.3 Å². The molecule has 2 unspecified atom stereocenters. The summed E-state index contributed by atoms with van der Waals surface area (Å²) in [5.74, 6) is -1.78. The molecular formula is C47H79NO7. The van der Waals surface area contributed by atoms with E-state index in [1.165, 1.54) is 12.8 Å². The third kappa shape index (κ3) is 36.2. The third-order valence-electron chi connectivity index (χ3n) is 9.09. The summed E-state index contributed by atoms with van der Waals surface area (Å²) in [5.41, 5.74) is 0. The molecule has 314 valence electrons. The minimum atomic E-state index is -1.13. The minimum Gasteiger partial charge on any atom is -0.544 e. The molecule has 0 N–H and O–H groups in total. The normalized spacial score (nSPS) is 13.7. The Bertz CT molecular complexity index is 1130. The molecule has 0 spiro atoms. The fraction of sp³-hybridized carbons (Fsp3) is 0.681. The molecule has 8 nitrogen and oxygen atoms in total. The summed E-state index contributed by atoms with van der Waals surface area (Å²) in [7, 11) is 5.38. The molecule has 0 bridgehead atoms. The van der Waals surface area contributed by atoms with Crippen LogP contribution < -0.4 is 5.11 Å². The van der Waals surface area contributed by atoms with Gasteiger partial charge in [0.15, 0.2) is 6.10 Å². The van der Waals surface area contributed by atoms with Gasteiger partial charge in [0.2, 0.25) is 0 Å². The van der Waals surface area contributed by atoms with E-state index in [4.69, 9.17) is 14.2 Å². The molecule has 0 aromatic heterocycles. The van der Waals surface area contributed by atoms with Crippen LogP contribution in [0.15, 0.2) is 72.9 Å². The zero-order valence-electron chi connectivity index (χ0n) is 35.6. The van der Waals surface area contributed by atoms with Gasteiger partial charge in [-0.2, -0.15) is 0 Å². The first-order valence-electron chi connectivity index (χ1n) is 21.5. The van der Waals surface area contributed by atoms with Crippen molar-refractivity contribution in [3.8, 4) is 0 Å². The van der Waals surface area contributed by atoms with Crippen molar-refractivity contribution in [1.29, 1.82) is 0 Å². The van der Waals surface area contributed by atoms with E-state index in [0.717, 1.165) is 109 Å². The van der Waals surface area contributed by atoms with Crippen molar-refractivity contribution in [1.82, 2.24) is 0 Å². The van der Waals surface area contributed by atoms with Gasteiger partial charge in [0.25, 0.3) is 0 Å². The number of hydrogen-bond donors (Lipinski definition) is 0. The lowest BCUT2D eigenvalue weighted by molar-refractivity contribution is -0.889. The van der Waals surface area contributed by atoms with Crippen LogP contribution in [-0.4, -0.2) is 75.5 Å². The number of unbranched alkanes of at least 4 members (excludes halogenated alkanes) is 11. The summed E-state index contributed by atoms with van der Waals surface area (Å²) in [6.45, 7) is 4.39. The number of carbonyl (C=O) groups is 3. The Kier molecular flexibility index (Phi) is 35.5. The molecule has 8 heteroatoms. The Balaban J connectivity index is 4.37. The zero-order valence-corrected chi connectivity index (χ0v) is 35.6. The smallest absolute Gasteiger partial charge is 0.306 e. The molecule has 0 aliphatic carbocycles. The van der Waals surface area contributed by atoms with Gasteiger partial charge in [-0.15, -0.1) is 0 Å². The third-order valence-corrected chi connectivity index (χ3v) is 9.09. The summed E-state index contributed by atoms with van der Waals surface area (Å²) >= 11 is 0. The first-order chi connectivity index (χ1) is 26.6. The second-order valence-corrected chi connectivity index (χ2v) is 15.2. The van der Waals surface area contributed by atoms with Crippen molar-refractivity contribution in [3.05, 3.63) is 72.9 Å². The van der Waals surface area contributed by atoms with Crippen LogP contribution >= 0.6 is 0 Å². The number of carbonyl (C=O) groups excluding carboxylic acids is 3. The largest absolute Gasteiger partial charge is 0.544 e. The highest BCUT2D eigenvalue weighted by molar-refractivity contribution is 5.70. The van der Waals surface area contributed by atoms with E-state index in [1.807, 2.05) is 0 Å². The molecule has 0 aliphatic heterocycles. The van der Waals surface area contributed by atoms with E-state index in [2.05, 4.69) is 86.8 Å². The summed E-state index contributed by atoms with van der Waals surface area (Å²) in [6.07, 6.45) is 46.4. The van der Waals surface area contributed by atoms with Crippen LogP contribution in [0.3, 0.4) is 0 Å². The number of carboxylic acid groups (broad SMARTS) is 1. The lowest BCUT2D eigenvalue weighted by atomic mass is 10.1. The van der Waals surface area contributed by atoms with Crippen LogP contribution in [0.2, 0.25) is 0 Å². The number of carboxylic acids is 1. The fourth-order valence-corrected chi connectivity index (χ4v) is 5.80. The molecule has 55 heavy (non-hydrogen) atoms. The van der Waals surface area contributed by atoms with E-state index < -0.39 is 18.1 Å². The average Bonchev–Trinajstić information content (AvgIpc) is 3.14. The van der Waals surface area contributed by atoms with Crippen molar-refractivity contribution >= 4 is 17.9 Å². The fourth-order valence-electron chi connectivity index (χ4n) is 5.80. The van der Waals surface area contributed by atoms with Gasteiger partial charge in [0.1, 0.15) is 12.6 Å². The molecule has 0 aromatic rings. The summed E-state index contributed by atoms with van der Waals surface area (Å²) in [6, 6.07) is -0.733. The summed E-state index contributed by atoms with van der Waals surface area (Å²) in [5, 5.41) is 11.6. The summed E-state index contributed by atoms with van der Waals surface area (Å²) < 4.78 is 17.1. The maximum Gasteiger partial charge on any atom is 0.306 e. The number of nitrogens with zero attached hydrogens (tertiary/aromatic N) is 1. The topological polar surface area (TPSA) is 102 Å². The van der Waals surface area contributed by atoms with Crippen LogP contribution in [-0.2, 0) is 28.6 Å². The zero-order chi connectivity index (χ0) is 40.7. The number of quaternary nitrogens is 1. The van der Waals surface area contributed by atoms with Crippen LogP contribution in [0.5, 0.6) is 0 Å². The number of aliphatic carboxylic acids is 1.